The van der Waals surface area contributed by atoms with Crippen LogP contribution < -0.4 is 15.0 Å². The largest absolute Gasteiger partial charge is 0.481 e. The molecular weight excluding hydrogens is 290 g/mol. The van der Waals surface area contributed by atoms with Crippen molar-refractivity contribution in [2.45, 2.75) is 19.4 Å². The van der Waals surface area contributed by atoms with Crippen molar-refractivity contribution in [1.29, 1.82) is 0 Å². The minimum atomic E-state index is -0.532. The predicted octanol–water partition coefficient (Wildman–Crippen LogP) is 1.13. The van der Waals surface area contributed by atoms with Crippen molar-refractivity contribution < 1.29 is 19.6 Å². The van der Waals surface area contributed by atoms with Gasteiger partial charge in [-0.3, -0.25) is 14.9 Å². The monoisotopic (exact) mass is 307 g/mol. The third kappa shape index (κ3) is 2.57. The first-order valence-corrected chi connectivity index (χ1v) is 7.14. The molecule has 1 aromatic carbocycles. The molecular formula is C14H17N3O5. The first-order valence-electron chi connectivity index (χ1n) is 7.14. The number of aliphatic hydroxyl groups excluding tert-OH is 1. The van der Waals surface area contributed by atoms with Gasteiger partial charge in [-0.1, -0.05) is 6.92 Å². The van der Waals surface area contributed by atoms with E-state index in [4.69, 9.17) is 4.74 Å². The lowest BCUT2D eigenvalue weighted by atomic mass is 9.95. The van der Waals surface area contributed by atoms with Gasteiger partial charge in [-0.05, 0) is 18.4 Å². The fourth-order valence-electron chi connectivity index (χ4n) is 2.77. The van der Waals surface area contributed by atoms with E-state index < -0.39 is 11.0 Å². The number of benzene rings is 1. The lowest BCUT2D eigenvalue weighted by molar-refractivity contribution is -0.384. The molecule has 8 heteroatoms. The van der Waals surface area contributed by atoms with E-state index in [1.165, 1.54) is 6.07 Å². The van der Waals surface area contributed by atoms with E-state index in [-0.39, 0.29) is 24.1 Å². The second-order valence-corrected chi connectivity index (χ2v) is 5.71. The average molecular weight is 307 g/mol. The van der Waals surface area contributed by atoms with Gasteiger partial charge in [0.25, 0.3) is 11.6 Å². The molecule has 2 aliphatic heterocycles. The van der Waals surface area contributed by atoms with E-state index in [0.29, 0.717) is 30.2 Å². The molecule has 1 saturated heterocycles. The second kappa shape index (κ2) is 5.45. The van der Waals surface area contributed by atoms with Crippen molar-refractivity contribution in [2.24, 2.45) is 5.92 Å². The van der Waals surface area contributed by atoms with Gasteiger partial charge < -0.3 is 20.1 Å². The number of nitrogens with one attached hydrogen (secondary N) is 1. The summed E-state index contributed by atoms with van der Waals surface area (Å²) in [5.74, 6) is 0.163. The molecule has 0 saturated carbocycles. The lowest BCUT2D eigenvalue weighted by Gasteiger charge is -2.35. The van der Waals surface area contributed by atoms with Crippen molar-refractivity contribution >= 4 is 23.0 Å². The van der Waals surface area contributed by atoms with Crippen LogP contribution >= 0.6 is 0 Å². The van der Waals surface area contributed by atoms with Crippen LogP contribution in [0.2, 0.25) is 0 Å². The zero-order chi connectivity index (χ0) is 15.9. The molecule has 2 heterocycles. The number of hydrogen-bond donors (Lipinski definition) is 2. The molecule has 118 valence electrons. The number of nitro benzene ring substituents is 1. The molecule has 22 heavy (non-hydrogen) atoms. The predicted molar refractivity (Wildman–Crippen MR) is 79.2 cm³/mol. The maximum absolute atomic E-state index is 11.4. The van der Waals surface area contributed by atoms with Crippen LogP contribution in [0.3, 0.4) is 0 Å². The summed E-state index contributed by atoms with van der Waals surface area (Å²) in [7, 11) is 0. The molecule has 1 amide bonds. The average Bonchev–Trinajstić information content (AvgIpc) is 2.48. The third-order valence-corrected chi connectivity index (χ3v) is 4.17. The van der Waals surface area contributed by atoms with Crippen LogP contribution in [0.4, 0.5) is 17.1 Å². The lowest BCUT2D eigenvalue weighted by Crippen LogP contribution is -2.43. The zero-order valence-corrected chi connectivity index (χ0v) is 12.1. The molecule has 8 nitrogen and oxygen atoms in total. The number of nitro groups is 1. The molecule has 0 aromatic heterocycles. The molecule has 2 N–H and O–H groups in total. The van der Waals surface area contributed by atoms with E-state index in [9.17, 15) is 20.0 Å². The molecule has 0 spiro atoms. The fraction of sp³-hybridized carbons (Fsp3) is 0.500. The Kier molecular flexibility index (Phi) is 3.61. The molecule has 0 aliphatic carbocycles. The Balaban J connectivity index is 2.00. The fourth-order valence-corrected chi connectivity index (χ4v) is 2.77. The quantitative estimate of drug-likeness (QED) is 0.627. The number of carbonyl (C=O) groups is 1. The van der Waals surface area contributed by atoms with Gasteiger partial charge in [-0.15, -0.1) is 0 Å². The molecule has 0 radical (unpaired) electrons. The maximum Gasteiger partial charge on any atom is 0.296 e. The Labute approximate surface area is 126 Å². The van der Waals surface area contributed by atoms with Crippen LogP contribution in [0.5, 0.6) is 5.75 Å². The highest BCUT2D eigenvalue weighted by Gasteiger charge is 2.31. The molecule has 0 bridgehead atoms. The highest BCUT2D eigenvalue weighted by molar-refractivity contribution is 5.97. The summed E-state index contributed by atoms with van der Waals surface area (Å²) in [4.78, 5) is 24.0. The molecule has 2 unspecified atom stereocenters. The number of piperidine rings is 1. The van der Waals surface area contributed by atoms with Crippen LogP contribution in [0.25, 0.3) is 0 Å². The van der Waals surface area contributed by atoms with Gasteiger partial charge in [0.2, 0.25) is 0 Å². The summed E-state index contributed by atoms with van der Waals surface area (Å²) in [5.41, 5.74) is 0.724. The van der Waals surface area contributed by atoms with Gasteiger partial charge in [0.15, 0.2) is 12.4 Å². The number of nitrogens with zero attached hydrogens (tertiary/aromatic N) is 2. The molecule has 1 aromatic rings. The summed E-state index contributed by atoms with van der Waals surface area (Å²) in [5, 5.41) is 24.0. The number of carbonyl (C=O) groups excluding carboxylic acids is 1. The molecule has 2 aliphatic rings. The highest BCUT2D eigenvalue weighted by atomic mass is 16.6. The van der Waals surface area contributed by atoms with Crippen LogP contribution in [-0.2, 0) is 4.79 Å². The molecule has 1 fully saturated rings. The van der Waals surface area contributed by atoms with Crippen LogP contribution in [0.15, 0.2) is 12.1 Å². The van der Waals surface area contributed by atoms with Crippen molar-refractivity contribution in [2.75, 3.05) is 29.9 Å². The highest BCUT2D eigenvalue weighted by Crippen LogP contribution is 2.40. The number of aliphatic hydroxyl groups is 1. The van der Waals surface area contributed by atoms with Gasteiger partial charge >= 0.3 is 0 Å². The van der Waals surface area contributed by atoms with Gasteiger partial charge in [-0.2, -0.15) is 0 Å². The maximum atomic E-state index is 11.4. The molecule has 2 atom stereocenters. The Bertz CT molecular complexity index is 633. The second-order valence-electron chi connectivity index (χ2n) is 5.71. The first-order chi connectivity index (χ1) is 10.5. The topological polar surface area (TPSA) is 105 Å². The first kappa shape index (κ1) is 14.6. The zero-order valence-electron chi connectivity index (χ0n) is 12.1. The van der Waals surface area contributed by atoms with Crippen molar-refractivity contribution in [1.82, 2.24) is 0 Å². The van der Waals surface area contributed by atoms with E-state index >= 15 is 0 Å². The van der Waals surface area contributed by atoms with Crippen LogP contribution in [-0.4, -0.2) is 41.7 Å². The van der Waals surface area contributed by atoms with Crippen LogP contribution in [0.1, 0.15) is 13.3 Å². The van der Waals surface area contributed by atoms with Gasteiger partial charge in [0, 0.05) is 13.1 Å². The van der Waals surface area contributed by atoms with Gasteiger partial charge in [0.1, 0.15) is 5.69 Å². The van der Waals surface area contributed by atoms with E-state index in [1.54, 1.807) is 11.0 Å². The summed E-state index contributed by atoms with van der Waals surface area (Å²) in [6.07, 6.45) is 0.216. The van der Waals surface area contributed by atoms with E-state index in [0.717, 1.165) is 6.42 Å². The normalized spacial score (nSPS) is 24.3. The van der Waals surface area contributed by atoms with Crippen molar-refractivity contribution in [3.05, 3.63) is 22.2 Å². The smallest absolute Gasteiger partial charge is 0.296 e. The Morgan fingerprint density at radius 1 is 1.50 bits per heavy atom. The van der Waals surface area contributed by atoms with Crippen LogP contribution in [0, 0.1) is 16.0 Å². The SMILES string of the molecule is CC1CCN(c2cc3c(cc2[N+](=O)[O-])OCC(=O)N3)CC1O. The Hall–Kier alpha value is -2.35. The van der Waals surface area contributed by atoms with Gasteiger partial charge in [0.05, 0.1) is 22.8 Å². The van der Waals surface area contributed by atoms with E-state index in [1.807, 2.05) is 6.92 Å². The van der Waals surface area contributed by atoms with Crippen molar-refractivity contribution in [3.8, 4) is 5.75 Å². The number of β-amino-alcohol motifs (C(OH)–C–C–N with tert-alkyl or cyclic N) is 1. The van der Waals surface area contributed by atoms with E-state index in [2.05, 4.69) is 5.32 Å². The standard InChI is InChI=1S/C14H17N3O5/c1-8-2-3-16(6-12(8)18)10-4-9-13(5-11(10)17(20)21)22-7-14(19)15-9/h4-5,8,12,18H,2-3,6-7H2,1H3,(H,15,19). The number of anilines is 2. The summed E-state index contributed by atoms with van der Waals surface area (Å²) in [6, 6.07) is 2.88. The summed E-state index contributed by atoms with van der Waals surface area (Å²) in [6.45, 7) is 2.75. The Morgan fingerprint density at radius 3 is 2.95 bits per heavy atom. The number of amides is 1. The Morgan fingerprint density at radius 2 is 2.27 bits per heavy atom. The number of fused-ring (bicyclic) bond motifs is 1. The summed E-state index contributed by atoms with van der Waals surface area (Å²) >= 11 is 0. The number of hydrogen-bond acceptors (Lipinski definition) is 6. The minimum absolute atomic E-state index is 0.0864. The summed E-state index contributed by atoms with van der Waals surface area (Å²) < 4.78 is 5.22. The third-order valence-electron chi connectivity index (χ3n) is 4.17. The number of ether oxygens (including phenoxy) is 1. The van der Waals surface area contributed by atoms with Crippen molar-refractivity contribution in [3.63, 3.8) is 0 Å². The van der Waals surface area contributed by atoms with Gasteiger partial charge in [-0.25, -0.2) is 0 Å². The minimum Gasteiger partial charge on any atom is -0.481 e. The molecule has 3 rings (SSSR count). The number of rotatable bonds is 2.